The summed E-state index contributed by atoms with van der Waals surface area (Å²) in [5.41, 5.74) is 1.56. The van der Waals surface area contributed by atoms with Crippen molar-refractivity contribution in [3.05, 3.63) is 59.7 Å². The lowest BCUT2D eigenvalue weighted by molar-refractivity contribution is 0.101. The molecule has 0 aromatic heterocycles. The third-order valence-corrected chi connectivity index (χ3v) is 2.66. The molecule has 1 amide bonds. The summed E-state index contributed by atoms with van der Waals surface area (Å²) in [4.78, 5) is 23.0. The predicted octanol–water partition coefficient (Wildman–Crippen LogP) is 2.85. The van der Waals surface area contributed by atoms with Crippen LogP contribution in [0.3, 0.4) is 0 Å². The van der Waals surface area contributed by atoms with E-state index in [-0.39, 0.29) is 17.4 Å². The van der Waals surface area contributed by atoms with Crippen molar-refractivity contribution in [2.45, 2.75) is 6.92 Å². The lowest BCUT2D eigenvalue weighted by atomic mass is 10.1. The average Bonchev–Trinajstić information content (AvgIpc) is 2.39. The van der Waals surface area contributed by atoms with E-state index in [1.54, 1.807) is 36.4 Å². The van der Waals surface area contributed by atoms with Crippen LogP contribution in [0, 0.1) is 0 Å². The molecule has 2 N–H and O–H groups in total. The maximum atomic E-state index is 11.9. The highest BCUT2D eigenvalue weighted by Gasteiger charge is 2.07. The lowest BCUT2D eigenvalue weighted by Gasteiger charge is -2.06. The van der Waals surface area contributed by atoms with E-state index >= 15 is 0 Å². The topological polar surface area (TPSA) is 66.4 Å². The number of benzene rings is 2. The Morgan fingerprint density at radius 1 is 1.00 bits per heavy atom. The molecule has 19 heavy (non-hydrogen) atoms. The van der Waals surface area contributed by atoms with Gasteiger partial charge in [-0.3, -0.25) is 9.59 Å². The molecule has 0 aliphatic heterocycles. The van der Waals surface area contributed by atoms with Crippen LogP contribution in [-0.4, -0.2) is 16.8 Å². The molecule has 0 bridgehead atoms. The summed E-state index contributed by atoms with van der Waals surface area (Å²) in [6, 6.07) is 12.7. The number of carbonyl (C=O) groups excluding carboxylic acids is 2. The van der Waals surface area contributed by atoms with Crippen LogP contribution in [0.2, 0.25) is 0 Å². The summed E-state index contributed by atoms with van der Waals surface area (Å²) in [6.45, 7) is 1.49. The summed E-state index contributed by atoms with van der Waals surface area (Å²) in [5.74, 6) is -0.295. The molecule has 0 aliphatic carbocycles. The van der Waals surface area contributed by atoms with Crippen molar-refractivity contribution < 1.29 is 14.7 Å². The van der Waals surface area contributed by atoms with Gasteiger partial charge in [0.1, 0.15) is 5.75 Å². The maximum absolute atomic E-state index is 11.9. The molecule has 0 unspecified atom stereocenters. The minimum Gasteiger partial charge on any atom is -0.508 e. The molecule has 0 saturated carbocycles. The van der Waals surface area contributed by atoms with Crippen molar-refractivity contribution >= 4 is 17.4 Å². The number of anilines is 1. The van der Waals surface area contributed by atoms with E-state index in [4.69, 9.17) is 0 Å². The van der Waals surface area contributed by atoms with Crippen molar-refractivity contribution in [2.24, 2.45) is 0 Å². The van der Waals surface area contributed by atoms with E-state index in [1.165, 1.54) is 19.1 Å². The molecule has 0 radical (unpaired) electrons. The zero-order chi connectivity index (χ0) is 13.8. The number of amides is 1. The maximum Gasteiger partial charge on any atom is 0.255 e. The highest BCUT2D eigenvalue weighted by molar-refractivity contribution is 6.04. The van der Waals surface area contributed by atoms with E-state index in [2.05, 4.69) is 5.32 Å². The van der Waals surface area contributed by atoms with Gasteiger partial charge in [-0.15, -0.1) is 0 Å². The number of ketones is 1. The van der Waals surface area contributed by atoms with Crippen LogP contribution < -0.4 is 5.32 Å². The summed E-state index contributed by atoms with van der Waals surface area (Å²) < 4.78 is 0. The fourth-order valence-electron chi connectivity index (χ4n) is 1.64. The van der Waals surface area contributed by atoms with Crippen molar-refractivity contribution in [1.29, 1.82) is 0 Å². The van der Waals surface area contributed by atoms with Crippen LogP contribution in [0.1, 0.15) is 27.6 Å². The molecule has 2 rings (SSSR count). The Morgan fingerprint density at radius 2 is 1.68 bits per heavy atom. The van der Waals surface area contributed by atoms with Crippen molar-refractivity contribution in [1.82, 2.24) is 0 Å². The molecular weight excluding hydrogens is 242 g/mol. The number of Topliss-reactive ketones (excluding diaryl/α,β-unsaturated/α-hetero) is 1. The van der Waals surface area contributed by atoms with Gasteiger partial charge in [-0.25, -0.2) is 0 Å². The Hall–Kier alpha value is -2.62. The van der Waals surface area contributed by atoms with Gasteiger partial charge in [0, 0.05) is 16.8 Å². The minimum absolute atomic E-state index is 0.0224. The lowest BCUT2D eigenvalue weighted by Crippen LogP contribution is -2.11. The first-order valence-electron chi connectivity index (χ1n) is 5.77. The molecule has 2 aromatic carbocycles. The van der Waals surface area contributed by atoms with Gasteiger partial charge in [0.05, 0.1) is 0 Å². The molecule has 0 saturated heterocycles. The van der Waals surface area contributed by atoms with Crippen molar-refractivity contribution in [3.63, 3.8) is 0 Å². The van der Waals surface area contributed by atoms with Gasteiger partial charge in [0.25, 0.3) is 5.91 Å². The molecule has 0 atom stereocenters. The Morgan fingerprint density at radius 3 is 2.26 bits per heavy atom. The van der Waals surface area contributed by atoms with Gasteiger partial charge >= 0.3 is 0 Å². The molecule has 4 heteroatoms. The van der Waals surface area contributed by atoms with Gasteiger partial charge in [0.2, 0.25) is 0 Å². The van der Waals surface area contributed by atoms with Gasteiger partial charge < -0.3 is 10.4 Å². The second kappa shape index (κ2) is 5.35. The van der Waals surface area contributed by atoms with Crippen molar-refractivity contribution in [3.8, 4) is 5.75 Å². The standard InChI is InChI=1S/C15H13NO3/c1-10(17)11-5-7-13(8-6-11)16-15(19)12-3-2-4-14(18)9-12/h2-9,18H,1H3,(H,16,19). The number of hydrogen-bond acceptors (Lipinski definition) is 3. The summed E-state index contributed by atoms with van der Waals surface area (Å²) in [5, 5.41) is 12.0. The van der Waals surface area contributed by atoms with Gasteiger partial charge in [-0.05, 0) is 49.4 Å². The van der Waals surface area contributed by atoms with Crippen LogP contribution in [0.4, 0.5) is 5.69 Å². The fraction of sp³-hybridized carbons (Fsp3) is 0.0667. The van der Waals surface area contributed by atoms with E-state index < -0.39 is 0 Å². The fourth-order valence-corrected chi connectivity index (χ4v) is 1.64. The first-order chi connectivity index (χ1) is 9.06. The van der Waals surface area contributed by atoms with E-state index in [0.717, 1.165) is 0 Å². The summed E-state index contributed by atoms with van der Waals surface area (Å²) in [6.07, 6.45) is 0. The number of rotatable bonds is 3. The Kier molecular flexibility index (Phi) is 3.61. The quantitative estimate of drug-likeness (QED) is 0.829. The monoisotopic (exact) mass is 255 g/mol. The summed E-state index contributed by atoms with van der Waals surface area (Å²) >= 11 is 0. The highest BCUT2D eigenvalue weighted by atomic mass is 16.3. The first-order valence-corrected chi connectivity index (χ1v) is 5.77. The normalized spacial score (nSPS) is 9.95. The van der Waals surface area contributed by atoms with E-state index in [9.17, 15) is 14.7 Å². The zero-order valence-electron chi connectivity index (χ0n) is 10.4. The second-order valence-electron chi connectivity index (χ2n) is 4.14. The van der Waals surface area contributed by atoms with Gasteiger partial charge in [0.15, 0.2) is 5.78 Å². The molecular formula is C15H13NO3. The van der Waals surface area contributed by atoms with Crippen LogP contribution in [0.5, 0.6) is 5.75 Å². The van der Waals surface area contributed by atoms with E-state index in [0.29, 0.717) is 16.8 Å². The van der Waals surface area contributed by atoms with E-state index in [1.807, 2.05) is 0 Å². The first kappa shape index (κ1) is 12.8. The average molecular weight is 255 g/mol. The number of phenolic OH excluding ortho intramolecular Hbond substituents is 1. The van der Waals surface area contributed by atoms with Crippen molar-refractivity contribution in [2.75, 3.05) is 5.32 Å². The number of carbonyl (C=O) groups is 2. The minimum atomic E-state index is -0.313. The molecule has 0 heterocycles. The number of phenols is 1. The highest BCUT2D eigenvalue weighted by Crippen LogP contribution is 2.14. The molecule has 0 aliphatic rings. The number of nitrogens with one attached hydrogen (secondary N) is 1. The largest absolute Gasteiger partial charge is 0.508 e. The molecule has 0 fully saturated rings. The molecule has 4 nitrogen and oxygen atoms in total. The third kappa shape index (κ3) is 3.19. The second-order valence-corrected chi connectivity index (χ2v) is 4.14. The molecule has 0 spiro atoms. The smallest absolute Gasteiger partial charge is 0.255 e. The van der Waals surface area contributed by atoms with Crippen LogP contribution in [0.25, 0.3) is 0 Å². The molecule has 2 aromatic rings. The van der Waals surface area contributed by atoms with Crippen LogP contribution in [0.15, 0.2) is 48.5 Å². The number of aromatic hydroxyl groups is 1. The number of hydrogen-bond donors (Lipinski definition) is 2. The Bertz CT molecular complexity index is 618. The third-order valence-electron chi connectivity index (χ3n) is 2.66. The van der Waals surface area contributed by atoms with Gasteiger partial charge in [-0.1, -0.05) is 6.07 Å². The van der Waals surface area contributed by atoms with Crippen LogP contribution in [-0.2, 0) is 0 Å². The predicted molar refractivity (Wildman–Crippen MR) is 72.5 cm³/mol. The Balaban J connectivity index is 2.13. The SMILES string of the molecule is CC(=O)c1ccc(NC(=O)c2cccc(O)c2)cc1. The summed E-state index contributed by atoms with van der Waals surface area (Å²) in [7, 11) is 0. The zero-order valence-corrected chi connectivity index (χ0v) is 10.4. The Labute approximate surface area is 110 Å². The van der Waals surface area contributed by atoms with Crippen LogP contribution >= 0.6 is 0 Å². The van der Waals surface area contributed by atoms with Gasteiger partial charge in [-0.2, -0.15) is 0 Å². The molecule has 96 valence electrons.